The van der Waals surface area contributed by atoms with E-state index < -0.39 is 30.7 Å². The van der Waals surface area contributed by atoms with E-state index in [-0.39, 0.29) is 32.5 Å². The molecule has 0 bridgehead atoms. The second-order valence-corrected chi connectivity index (χ2v) is 4.40. The third kappa shape index (κ3) is 9.62. The number of carbonyl (C=O) groups is 3. The lowest BCUT2D eigenvalue weighted by atomic mass is 10.00. The van der Waals surface area contributed by atoms with E-state index in [1.165, 1.54) is 13.1 Å². The second-order valence-electron chi connectivity index (χ2n) is 4.40. The highest BCUT2D eigenvalue weighted by atomic mass is 19.4. The average Bonchev–Trinajstić information content (AvgIpc) is 2.42. The van der Waals surface area contributed by atoms with Gasteiger partial charge in [-0.05, 0) is 6.42 Å². The summed E-state index contributed by atoms with van der Waals surface area (Å²) in [6.45, 7) is 2.34. The number of rotatable bonds is 10. The fourth-order valence-corrected chi connectivity index (χ4v) is 1.53. The highest BCUT2D eigenvalue weighted by Crippen LogP contribution is 2.16. The van der Waals surface area contributed by atoms with Gasteiger partial charge >= 0.3 is 6.36 Å². The van der Waals surface area contributed by atoms with Gasteiger partial charge in [0.15, 0.2) is 0 Å². The molecule has 0 aliphatic rings. The van der Waals surface area contributed by atoms with Crippen molar-refractivity contribution in [1.82, 2.24) is 10.2 Å². The minimum atomic E-state index is -4.79. The highest BCUT2D eigenvalue weighted by molar-refractivity contribution is 5.90. The average molecular weight is 353 g/mol. The predicted octanol–water partition coefficient (Wildman–Crippen LogP) is 0.925. The van der Waals surface area contributed by atoms with Crippen molar-refractivity contribution in [2.45, 2.75) is 20.2 Å². The Bertz CT molecular complexity index is 478. The number of nitrogens with two attached hydrogens (primary N) is 1. The van der Waals surface area contributed by atoms with Crippen molar-refractivity contribution in [2.75, 3.05) is 20.2 Å². The molecule has 0 aromatic rings. The van der Waals surface area contributed by atoms with Crippen molar-refractivity contribution in [2.24, 2.45) is 11.7 Å². The van der Waals surface area contributed by atoms with Crippen molar-refractivity contribution in [3.63, 3.8) is 0 Å². The van der Waals surface area contributed by atoms with E-state index in [4.69, 9.17) is 5.73 Å². The molecule has 0 aliphatic carbocycles. The fourth-order valence-electron chi connectivity index (χ4n) is 1.53. The SMILES string of the molecule is C.C=CCC(C(N)=O)/C(=C/C(=O)N(C)CCOC(F)(F)F)NC=O. The van der Waals surface area contributed by atoms with Crippen LogP contribution in [-0.2, 0) is 19.1 Å². The Balaban J connectivity index is 0. The number of nitrogens with zero attached hydrogens (tertiary/aromatic N) is 1. The lowest BCUT2D eigenvalue weighted by molar-refractivity contribution is -0.324. The molecule has 0 aromatic heterocycles. The smallest absolute Gasteiger partial charge is 0.369 e. The van der Waals surface area contributed by atoms with Crippen LogP contribution in [0, 0.1) is 5.92 Å². The number of carbonyl (C=O) groups excluding carboxylic acids is 3. The summed E-state index contributed by atoms with van der Waals surface area (Å²) < 4.78 is 39.1. The molecule has 24 heavy (non-hydrogen) atoms. The lowest BCUT2D eigenvalue weighted by Crippen LogP contribution is -2.34. The first-order valence-corrected chi connectivity index (χ1v) is 6.40. The number of halogens is 3. The highest BCUT2D eigenvalue weighted by Gasteiger charge is 2.29. The van der Waals surface area contributed by atoms with Gasteiger partial charge in [0.05, 0.1) is 12.5 Å². The van der Waals surface area contributed by atoms with Crippen LogP contribution in [0.3, 0.4) is 0 Å². The molecule has 10 heteroatoms. The van der Waals surface area contributed by atoms with Crippen molar-refractivity contribution in [3.8, 4) is 0 Å². The predicted molar refractivity (Wildman–Crippen MR) is 81.2 cm³/mol. The Kier molecular flexibility index (Phi) is 11.2. The molecule has 3 N–H and O–H groups in total. The van der Waals surface area contributed by atoms with E-state index in [1.807, 2.05) is 0 Å². The molecule has 0 saturated carbocycles. The molecule has 0 aliphatic heterocycles. The van der Waals surface area contributed by atoms with Crippen LogP contribution in [0.2, 0.25) is 0 Å². The van der Waals surface area contributed by atoms with Crippen LogP contribution < -0.4 is 11.1 Å². The van der Waals surface area contributed by atoms with E-state index >= 15 is 0 Å². The summed E-state index contributed by atoms with van der Waals surface area (Å²) in [6, 6.07) is 0. The first-order valence-electron chi connectivity index (χ1n) is 6.40. The maximum atomic E-state index is 11.9. The molecule has 7 nitrogen and oxygen atoms in total. The van der Waals surface area contributed by atoms with E-state index in [0.29, 0.717) is 0 Å². The van der Waals surface area contributed by atoms with Gasteiger partial charge in [-0.25, -0.2) is 0 Å². The van der Waals surface area contributed by atoms with Crippen molar-refractivity contribution in [3.05, 3.63) is 24.4 Å². The topological polar surface area (TPSA) is 102 Å². The fraction of sp³-hybridized carbons (Fsp3) is 0.500. The molecule has 0 rings (SSSR count). The van der Waals surface area contributed by atoms with Crippen molar-refractivity contribution >= 4 is 18.2 Å². The summed E-state index contributed by atoms with van der Waals surface area (Å²) in [4.78, 5) is 34.8. The number of hydrogen-bond acceptors (Lipinski definition) is 4. The Morgan fingerprint density at radius 3 is 2.42 bits per heavy atom. The van der Waals surface area contributed by atoms with Gasteiger partial charge in [-0.3, -0.25) is 19.1 Å². The van der Waals surface area contributed by atoms with Gasteiger partial charge in [0.1, 0.15) is 0 Å². The summed E-state index contributed by atoms with van der Waals surface area (Å²) in [5, 5.41) is 2.19. The first-order chi connectivity index (χ1) is 10.6. The molecule has 0 aromatic carbocycles. The van der Waals surface area contributed by atoms with E-state index in [9.17, 15) is 27.6 Å². The Hall–Kier alpha value is -2.36. The van der Waals surface area contributed by atoms with Gasteiger partial charge in [0.2, 0.25) is 18.2 Å². The van der Waals surface area contributed by atoms with E-state index in [2.05, 4.69) is 16.6 Å². The summed E-state index contributed by atoms with van der Waals surface area (Å²) in [5.74, 6) is -2.50. The number of likely N-dealkylation sites (N-methyl/N-ethyl adjacent to an activating group) is 1. The van der Waals surface area contributed by atoms with E-state index in [0.717, 1.165) is 11.0 Å². The van der Waals surface area contributed by atoms with Crippen LogP contribution >= 0.6 is 0 Å². The molecule has 1 atom stereocenters. The van der Waals surface area contributed by atoms with Gasteiger partial charge in [0, 0.05) is 25.4 Å². The lowest BCUT2D eigenvalue weighted by Gasteiger charge is -2.19. The Morgan fingerprint density at radius 2 is 2.00 bits per heavy atom. The zero-order valence-corrected chi connectivity index (χ0v) is 12.4. The number of hydrogen-bond donors (Lipinski definition) is 2. The second kappa shape index (κ2) is 11.2. The van der Waals surface area contributed by atoms with Crippen LogP contribution in [-0.4, -0.2) is 49.7 Å². The van der Waals surface area contributed by atoms with Crippen LogP contribution in [0.1, 0.15) is 13.8 Å². The van der Waals surface area contributed by atoms with Crippen LogP contribution in [0.5, 0.6) is 0 Å². The standard InChI is InChI=1S/C13H18F3N3O4.CH4/c1-3-4-9(12(17)22)10(18-8-20)7-11(21)19(2)5-6-23-13(14,15)16;/h3,7-9H,1,4-6H2,2H3,(H2,17,22)(H,18,20);1H4/b10-7-;. The van der Waals surface area contributed by atoms with Gasteiger partial charge in [-0.2, -0.15) is 0 Å². The Morgan fingerprint density at radius 1 is 1.42 bits per heavy atom. The molecule has 0 saturated heterocycles. The molecule has 3 amide bonds. The molecular weight excluding hydrogens is 331 g/mol. The molecule has 1 unspecified atom stereocenters. The number of ether oxygens (including phenoxy) is 1. The summed E-state index contributed by atoms with van der Waals surface area (Å²) in [5.41, 5.74) is 5.11. The zero-order chi connectivity index (χ0) is 18.0. The van der Waals surface area contributed by atoms with Gasteiger partial charge in [0.25, 0.3) is 0 Å². The number of primary amides is 1. The molecule has 138 valence electrons. The molecular formula is C14H22F3N3O4. The maximum Gasteiger partial charge on any atom is 0.522 e. The monoisotopic (exact) mass is 353 g/mol. The Labute approximate surface area is 138 Å². The number of amides is 3. The third-order valence-corrected chi connectivity index (χ3v) is 2.69. The normalized spacial score (nSPS) is 12.6. The van der Waals surface area contributed by atoms with Crippen molar-refractivity contribution in [1.29, 1.82) is 0 Å². The molecule has 0 heterocycles. The minimum absolute atomic E-state index is 0. The molecule has 0 spiro atoms. The third-order valence-electron chi connectivity index (χ3n) is 2.69. The zero-order valence-electron chi connectivity index (χ0n) is 12.4. The summed E-state index contributed by atoms with van der Waals surface area (Å²) >= 11 is 0. The molecule has 0 radical (unpaired) electrons. The van der Waals surface area contributed by atoms with Crippen LogP contribution in [0.4, 0.5) is 13.2 Å². The first kappa shape index (κ1) is 23.9. The summed E-state index contributed by atoms with van der Waals surface area (Å²) in [6.07, 6.45) is -2.16. The quantitative estimate of drug-likeness (QED) is 0.346. The van der Waals surface area contributed by atoms with E-state index in [1.54, 1.807) is 0 Å². The van der Waals surface area contributed by atoms with Gasteiger partial charge < -0.3 is 16.0 Å². The van der Waals surface area contributed by atoms with Gasteiger partial charge in [-0.1, -0.05) is 13.5 Å². The largest absolute Gasteiger partial charge is 0.522 e. The van der Waals surface area contributed by atoms with Crippen LogP contribution in [0.25, 0.3) is 0 Å². The molecule has 0 fully saturated rings. The number of alkyl halides is 3. The van der Waals surface area contributed by atoms with Gasteiger partial charge in [-0.15, -0.1) is 19.8 Å². The number of nitrogens with one attached hydrogen (secondary N) is 1. The number of allylic oxidation sites excluding steroid dienone is 1. The maximum absolute atomic E-state index is 11.9. The van der Waals surface area contributed by atoms with Crippen molar-refractivity contribution < 1.29 is 32.3 Å². The summed E-state index contributed by atoms with van der Waals surface area (Å²) in [7, 11) is 1.24. The van der Waals surface area contributed by atoms with Crippen LogP contribution in [0.15, 0.2) is 24.4 Å². The minimum Gasteiger partial charge on any atom is -0.369 e.